The Kier molecular flexibility index (Phi) is 9.86. The summed E-state index contributed by atoms with van der Waals surface area (Å²) < 4.78 is 17.2. The molecule has 0 unspecified atom stereocenters. The van der Waals surface area contributed by atoms with E-state index < -0.39 is 12.1 Å². The number of carbonyl (C=O) groups is 2. The van der Waals surface area contributed by atoms with E-state index in [4.69, 9.17) is 14.2 Å². The number of methoxy groups -OCH3 is 2. The van der Waals surface area contributed by atoms with Gasteiger partial charge in [-0.1, -0.05) is 49.4 Å². The Morgan fingerprint density at radius 1 is 1.07 bits per heavy atom. The lowest BCUT2D eigenvalue weighted by atomic mass is 9.94. The number of aliphatic hydroxyl groups is 1. The Hall–Kier alpha value is -4.08. The quantitative estimate of drug-likeness (QED) is 0.426. The Balaban J connectivity index is 1.62. The van der Waals surface area contributed by atoms with Crippen molar-refractivity contribution in [2.24, 2.45) is 5.92 Å². The minimum atomic E-state index is -0.404. The van der Waals surface area contributed by atoms with Crippen molar-refractivity contribution in [3.05, 3.63) is 77.9 Å². The lowest BCUT2D eigenvalue weighted by Gasteiger charge is -2.35. The number of fused-ring (bicyclic) bond motifs is 3. The summed E-state index contributed by atoms with van der Waals surface area (Å²) in [5.41, 5.74) is 3.78. The molecule has 0 saturated heterocycles. The number of urea groups is 1. The number of amides is 3. The normalized spacial score (nSPS) is 17.9. The lowest BCUT2D eigenvalue weighted by Crippen LogP contribution is -2.48. The summed E-state index contributed by atoms with van der Waals surface area (Å²) in [5, 5.41) is 12.9. The van der Waals surface area contributed by atoms with Crippen LogP contribution in [-0.4, -0.2) is 80.0 Å². The van der Waals surface area contributed by atoms with Gasteiger partial charge in [0.25, 0.3) is 5.91 Å². The fourth-order valence-electron chi connectivity index (χ4n) is 5.02. The van der Waals surface area contributed by atoms with Gasteiger partial charge in [-0.3, -0.25) is 4.79 Å². The number of hydrogen-bond acceptors (Lipinski definition) is 6. The van der Waals surface area contributed by atoms with Gasteiger partial charge in [0.2, 0.25) is 0 Å². The smallest absolute Gasteiger partial charge is 0.321 e. The fourth-order valence-corrected chi connectivity index (χ4v) is 5.02. The number of nitrogens with one attached hydrogen (secondary N) is 1. The van der Waals surface area contributed by atoms with Crippen LogP contribution >= 0.6 is 0 Å². The zero-order valence-electron chi connectivity index (χ0n) is 24.3. The predicted molar refractivity (Wildman–Crippen MR) is 158 cm³/mol. The third kappa shape index (κ3) is 6.81. The molecule has 1 aliphatic rings. The largest absolute Gasteiger partial charge is 0.497 e. The van der Waals surface area contributed by atoms with Gasteiger partial charge in [0, 0.05) is 37.7 Å². The molecule has 0 spiro atoms. The molecule has 9 nitrogen and oxygen atoms in total. The minimum Gasteiger partial charge on any atom is -0.497 e. The first kappa shape index (κ1) is 29.9. The van der Waals surface area contributed by atoms with Crippen molar-refractivity contribution in [3.8, 4) is 22.6 Å². The molecular weight excluding hydrogens is 522 g/mol. The van der Waals surface area contributed by atoms with Crippen LogP contribution in [0.3, 0.4) is 0 Å². The van der Waals surface area contributed by atoms with E-state index in [9.17, 15) is 14.7 Å². The Morgan fingerprint density at radius 3 is 2.44 bits per heavy atom. The van der Waals surface area contributed by atoms with E-state index in [1.165, 1.54) is 7.11 Å². The topological polar surface area (TPSA) is 101 Å². The highest BCUT2D eigenvalue weighted by molar-refractivity contribution is 6.01. The first-order valence-electron chi connectivity index (χ1n) is 13.7. The van der Waals surface area contributed by atoms with Crippen LogP contribution in [0.25, 0.3) is 11.1 Å². The van der Waals surface area contributed by atoms with Crippen molar-refractivity contribution in [1.82, 2.24) is 9.80 Å². The Morgan fingerprint density at radius 2 is 1.76 bits per heavy atom. The number of rotatable bonds is 7. The van der Waals surface area contributed by atoms with Crippen molar-refractivity contribution in [1.29, 1.82) is 0 Å². The molecule has 0 bridgehead atoms. The van der Waals surface area contributed by atoms with Crippen LogP contribution < -0.4 is 14.8 Å². The summed E-state index contributed by atoms with van der Waals surface area (Å²) in [6, 6.07) is 19.9. The zero-order chi connectivity index (χ0) is 29.5. The second-order valence-corrected chi connectivity index (χ2v) is 10.4. The van der Waals surface area contributed by atoms with Crippen LogP contribution in [0, 0.1) is 5.92 Å². The molecule has 2 N–H and O–H groups in total. The van der Waals surface area contributed by atoms with Crippen molar-refractivity contribution >= 4 is 17.6 Å². The number of carbonyl (C=O) groups excluding carboxylic acids is 2. The van der Waals surface area contributed by atoms with Crippen LogP contribution in [0.15, 0.2) is 66.7 Å². The van der Waals surface area contributed by atoms with Crippen molar-refractivity contribution in [2.45, 2.75) is 32.6 Å². The predicted octanol–water partition coefficient (Wildman–Crippen LogP) is 4.89. The summed E-state index contributed by atoms with van der Waals surface area (Å²) in [6.07, 6.45) is -0.404. The molecule has 1 heterocycles. The van der Waals surface area contributed by atoms with Crippen LogP contribution in [0.2, 0.25) is 0 Å². The molecular formula is C32H39N3O6. The fraction of sp³-hybridized carbons (Fsp3) is 0.375. The number of ether oxygens (including phenoxy) is 3. The number of likely N-dealkylation sites (N-methyl/N-ethyl adjacent to an activating group) is 1. The molecule has 9 heteroatoms. The highest BCUT2D eigenvalue weighted by Gasteiger charge is 2.31. The van der Waals surface area contributed by atoms with Crippen LogP contribution in [0.5, 0.6) is 11.5 Å². The molecule has 0 radical (unpaired) electrons. The molecule has 3 atom stereocenters. The van der Waals surface area contributed by atoms with Crippen molar-refractivity contribution < 1.29 is 28.9 Å². The maximum absolute atomic E-state index is 13.9. The zero-order valence-corrected chi connectivity index (χ0v) is 24.3. The standard InChI is InChI=1S/C32H39N3O6/c1-21-17-35(22(2)19-36)31(37)27-13-9-8-12-26(27)25-11-7-6-10-23(25)20-41-30(21)18-34(3)32(38)33-28-15-14-24(39-4)16-29(28)40-5/h6-16,21-22,30,36H,17-20H2,1-5H3,(H,33,38)/t21-,22-,30+/m1/s1. The Labute approximate surface area is 241 Å². The number of aliphatic hydroxyl groups excluding tert-OH is 1. The van der Waals surface area contributed by atoms with Crippen LogP contribution in [0.1, 0.15) is 29.8 Å². The van der Waals surface area contributed by atoms with E-state index in [-0.39, 0.29) is 31.0 Å². The molecule has 3 aromatic rings. The molecule has 3 aromatic carbocycles. The average Bonchev–Trinajstić information content (AvgIpc) is 3.02. The third-order valence-electron chi connectivity index (χ3n) is 7.55. The molecule has 0 saturated carbocycles. The van der Waals surface area contributed by atoms with Gasteiger partial charge in [0.1, 0.15) is 11.5 Å². The second kappa shape index (κ2) is 13.5. The third-order valence-corrected chi connectivity index (χ3v) is 7.55. The lowest BCUT2D eigenvalue weighted by molar-refractivity contribution is -0.0178. The minimum absolute atomic E-state index is 0.151. The first-order valence-corrected chi connectivity index (χ1v) is 13.7. The van der Waals surface area contributed by atoms with Gasteiger partial charge >= 0.3 is 6.03 Å². The van der Waals surface area contributed by atoms with Gasteiger partial charge in [0.05, 0.1) is 45.3 Å². The number of nitrogens with zero attached hydrogens (tertiary/aromatic N) is 2. The second-order valence-electron chi connectivity index (χ2n) is 10.4. The van der Waals surface area contributed by atoms with Gasteiger partial charge < -0.3 is 34.4 Å². The summed E-state index contributed by atoms with van der Waals surface area (Å²) >= 11 is 0. The van der Waals surface area contributed by atoms with E-state index in [1.54, 1.807) is 42.2 Å². The molecule has 3 amide bonds. The summed E-state index contributed by atoms with van der Waals surface area (Å²) in [5.74, 6) is 0.791. The van der Waals surface area contributed by atoms with E-state index >= 15 is 0 Å². The molecule has 41 heavy (non-hydrogen) atoms. The van der Waals surface area contributed by atoms with Gasteiger partial charge in [-0.2, -0.15) is 0 Å². The van der Waals surface area contributed by atoms with E-state index in [0.29, 0.717) is 35.9 Å². The Bertz CT molecular complexity index is 1360. The molecule has 0 aromatic heterocycles. The highest BCUT2D eigenvalue weighted by atomic mass is 16.5. The maximum Gasteiger partial charge on any atom is 0.321 e. The SMILES string of the molecule is COc1ccc(NC(=O)N(C)C[C@@H]2OCc3ccccc3-c3ccccc3C(=O)N([C@H](C)CO)C[C@H]2C)c(OC)c1. The molecule has 0 fully saturated rings. The highest BCUT2D eigenvalue weighted by Crippen LogP contribution is 2.32. The maximum atomic E-state index is 13.9. The van der Waals surface area contributed by atoms with Crippen LogP contribution in [0.4, 0.5) is 10.5 Å². The number of hydrogen-bond donors (Lipinski definition) is 2. The van der Waals surface area contributed by atoms with Crippen molar-refractivity contribution in [3.63, 3.8) is 0 Å². The number of benzene rings is 3. The van der Waals surface area contributed by atoms with Gasteiger partial charge in [-0.05, 0) is 41.8 Å². The van der Waals surface area contributed by atoms with Gasteiger partial charge in [0.15, 0.2) is 0 Å². The summed E-state index contributed by atoms with van der Waals surface area (Å²) in [6.45, 7) is 4.59. The van der Waals surface area contributed by atoms with Gasteiger partial charge in [-0.15, -0.1) is 0 Å². The monoisotopic (exact) mass is 561 g/mol. The van der Waals surface area contributed by atoms with E-state index in [1.807, 2.05) is 62.4 Å². The first-order chi connectivity index (χ1) is 19.8. The van der Waals surface area contributed by atoms with Crippen molar-refractivity contribution in [2.75, 3.05) is 46.3 Å². The molecule has 1 aliphatic heterocycles. The van der Waals surface area contributed by atoms with E-state index in [0.717, 1.165) is 16.7 Å². The van der Waals surface area contributed by atoms with Crippen LogP contribution in [-0.2, 0) is 11.3 Å². The summed E-state index contributed by atoms with van der Waals surface area (Å²) in [7, 11) is 4.80. The molecule has 218 valence electrons. The number of anilines is 1. The average molecular weight is 562 g/mol. The molecule has 0 aliphatic carbocycles. The van der Waals surface area contributed by atoms with Gasteiger partial charge in [-0.25, -0.2) is 4.79 Å². The van der Waals surface area contributed by atoms with E-state index in [2.05, 4.69) is 5.32 Å². The summed E-state index contributed by atoms with van der Waals surface area (Å²) in [4.78, 5) is 30.5. The molecule has 4 rings (SSSR count).